The van der Waals surface area contributed by atoms with E-state index in [1.165, 1.54) is 36.5 Å². The van der Waals surface area contributed by atoms with Gasteiger partial charge in [-0.15, -0.1) is 0 Å². The maximum absolute atomic E-state index is 5.80. The predicted octanol–water partition coefficient (Wildman–Crippen LogP) is 1.18. The Kier molecular flexibility index (Phi) is 3.16. The molecule has 0 amide bonds. The van der Waals surface area contributed by atoms with Crippen molar-refractivity contribution in [2.75, 3.05) is 13.2 Å². The van der Waals surface area contributed by atoms with E-state index < -0.39 is 0 Å². The van der Waals surface area contributed by atoms with Crippen molar-refractivity contribution in [1.82, 2.24) is 14.9 Å². The molecule has 3 rings (SSSR count). The average Bonchev–Trinajstić information content (AvgIpc) is 2.68. The molecule has 0 aromatic carbocycles. The van der Waals surface area contributed by atoms with Gasteiger partial charge in [-0.2, -0.15) is 0 Å². The summed E-state index contributed by atoms with van der Waals surface area (Å²) in [6.07, 6.45) is 6.18. The van der Waals surface area contributed by atoms with Crippen LogP contribution in [-0.4, -0.2) is 28.8 Å². The molecule has 4 heteroatoms. The lowest BCUT2D eigenvalue weighted by atomic mass is 10.1. The third kappa shape index (κ3) is 2.24. The fourth-order valence-corrected chi connectivity index (χ4v) is 2.87. The predicted molar refractivity (Wildman–Crippen MR) is 65.9 cm³/mol. The van der Waals surface area contributed by atoms with Crippen molar-refractivity contribution in [2.24, 2.45) is 7.05 Å². The molecule has 0 bridgehead atoms. The summed E-state index contributed by atoms with van der Waals surface area (Å²) in [6, 6.07) is 0. The number of hydrogen-bond donors (Lipinski definition) is 1. The van der Waals surface area contributed by atoms with E-state index in [0.29, 0.717) is 6.10 Å². The van der Waals surface area contributed by atoms with Crippen molar-refractivity contribution < 1.29 is 4.74 Å². The summed E-state index contributed by atoms with van der Waals surface area (Å²) in [5, 5.41) is 3.38. The van der Waals surface area contributed by atoms with E-state index in [-0.39, 0.29) is 0 Å². The van der Waals surface area contributed by atoms with Crippen molar-refractivity contribution in [3.63, 3.8) is 0 Å². The molecular weight excluding hydrogens is 214 g/mol. The van der Waals surface area contributed by atoms with Crippen molar-refractivity contribution in [1.29, 1.82) is 0 Å². The Morgan fingerprint density at radius 1 is 1.47 bits per heavy atom. The highest BCUT2D eigenvalue weighted by atomic mass is 16.5. The lowest BCUT2D eigenvalue weighted by molar-refractivity contribution is 0.0152. The lowest BCUT2D eigenvalue weighted by Crippen LogP contribution is -2.24. The molecule has 1 N–H and O–H groups in total. The molecule has 0 saturated carbocycles. The number of nitrogens with one attached hydrogen (secondary N) is 1. The molecule has 1 aromatic heterocycles. The van der Waals surface area contributed by atoms with Gasteiger partial charge in [-0.05, 0) is 19.3 Å². The van der Waals surface area contributed by atoms with E-state index in [4.69, 9.17) is 9.72 Å². The molecule has 94 valence electrons. The SMILES string of the molecule is Cn1c(CC2CCCCO2)nc2c1CCNC2. The van der Waals surface area contributed by atoms with Crippen LogP contribution >= 0.6 is 0 Å². The summed E-state index contributed by atoms with van der Waals surface area (Å²) in [5.41, 5.74) is 2.65. The second kappa shape index (κ2) is 4.78. The van der Waals surface area contributed by atoms with Gasteiger partial charge in [0.15, 0.2) is 0 Å². The fraction of sp³-hybridized carbons (Fsp3) is 0.769. The van der Waals surface area contributed by atoms with Crippen LogP contribution in [-0.2, 0) is 31.2 Å². The van der Waals surface area contributed by atoms with Crippen LogP contribution in [0.15, 0.2) is 0 Å². The number of hydrogen-bond acceptors (Lipinski definition) is 3. The summed E-state index contributed by atoms with van der Waals surface area (Å²) in [6.45, 7) is 2.93. The zero-order valence-electron chi connectivity index (χ0n) is 10.5. The van der Waals surface area contributed by atoms with Crippen molar-refractivity contribution >= 4 is 0 Å². The molecule has 0 radical (unpaired) electrons. The van der Waals surface area contributed by atoms with Gasteiger partial charge in [-0.3, -0.25) is 0 Å². The number of fused-ring (bicyclic) bond motifs is 1. The molecule has 1 fully saturated rings. The first-order valence-electron chi connectivity index (χ1n) is 6.70. The van der Waals surface area contributed by atoms with E-state index >= 15 is 0 Å². The van der Waals surface area contributed by atoms with Gasteiger partial charge in [0.1, 0.15) is 5.82 Å². The van der Waals surface area contributed by atoms with Crippen molar-refractivity contribution in [3.05, 3.63) is 17.2 Å². The van der Waals surface area contributed by atoms with Crippen LogP contribution in [0.3, 0.4) is 0 Å². The molecule has 1 saturated heterocycles. The minimum atomic E-state index is 0.388. The van der Waals surface area contributed by atoms with Crippen LogP contribution in [0.25, 0.3) is 0 Å². The largest absolute Gasteiger partial charge is 0.378 e. The fourth-order valence-electron chi connectivity index (χ4n) is 2.87. The van der Waals surface area contributed by atoms with Gasteiger partial charge < -0.3 is 14.6 Å². The highest BCUT2D eigenvalue weighted by molar-refractivity contribution is 5.20. The van der Waals surface area contributed by atoms with Crippen LogP contribution in [0.5, 0.6) is 0 Å². The van der Waals surface area contributed by atoms with Crippen LogP contribution in [0, 0.1) is 0 Å². The van der Waals surface area contributed by atoms with Crippen molar-refractivity contribution in [2.45, 2.75) is 44.8 Å². The smallest absolute Gasteiger partial charge is 0.111 e. The number of rotatable bonds is 2. The van der Waals surface area contributed by atoms with Gasteiger partial charge in [-0.25, -0.2) is 4.98 Å². The second-order valence-electron chi connectivity index (χ2n) is 5.10. The first-order valence-corrected chi connectivity index (χ1v) is 6.70. The standard InChI is InChI=1S/C13H21N3O/c1-16-12-5-6-14-9-11(12)15-13(16)8-10-4-2-3-7-17-10/h10,14H,2-9H2,1H3. The summed E-state index contributed by atoms with van der Waals surface area (Å²) in [5.74, 6) is 1.20. The summed E-state index contributed by atoms with van der Waals surface area (Å²) in [4.78, 5) is 4.76. The molecule has 2 aliphatic rings. The molecule has 0 aliphatic carbocycles. The lowest BCUT2D eigenvalue weighted by Gasteiger charge is -2.22. The second-order valence-corrected chi connectivity index (χ2v) is 5.10. The highest BCUT2D eigenvalue weighted by Crippen LogP contribution is 2.20. The van der Waals surface area contributed by atoms with E-state index in [2.05, 4.69) is 16.9 Å². The minimum Gasteiger partial charge on any atom is -0.378 e. The summed E-state index contributed by atoms with van der Waals surface area (Å²) < 4.78 is 8.09. The molecule has 1 aromatic rings. The number of ether oxygens (including phenoxy) is 1. The van der Waals surface area contributed by atoms with Crippen LogP contribution < -0.4 is 5.32 Å². The average molecular weight is 235 g/mol. The molecule has 1 atom stereocenters. The van der Waals surface area contributed by atoms with Gasteiger partial charge >= 0.3 is 0 Å². The number of nitrogens with zero attached hydrogens (tertiary/aromatic N) is 2. The van der Waals surface area contributed by atoms with Gasteiger partial charge in [0.05, 0.1) is 11.8 Å². The normalized spacial score (nSPS) is 24.6. The maximum atomic E-state index is 5.80. The van der Waals surface area contributed by atoms with Gasteiger partial charge in [-0.1, -0.05) is 0 Å². The Hall–Kier alpha value is -0.870. The molecule has 3 heterocycles. The topological polar surface area (TPSA) is 39.1 Å². The van der Waals surface area contributed by atoms with Gasteiger partial charge in [0.25, 0.3) is 0 Å². The Morgan fingerprint density at radius 3 is 3.18 bits per heavy atom. The van der Waals surface area contributed by atoms with Gasteiger partial charge in [0.2, 0.25) is 0 Å². The minimum absolute atomic E-state index is 0.388. The monoisotopic (exact) mass is 235 g/mol. The third-order valence-electron chi connectivity index (χ3n) is 3.90. The zero-order chi connectivity index (χ0) is 11.7. The summed E-state index contributed by atoms with van der Waals surface area (Å²) >= 11 is 0. The first kappa shape index (κ1) is 11.2. The molecule has 4 nitrogen and oxygen atoms in total. The van der Waals surface area contributed by atoms with Gasteiger partial charge in [0, 0.05) is 45.3 Å². The van der Waals surface area contributed by atoms with Crippen LogP contribution in [0.2, 0.25) is 0 Å². The van der Waals surface area contributed by atoms with E-state index in [9.17, 15) is 0 Å². The quantitative estimate of drug-likeness (QED) is 0.836. The maximum Gasteiger partial charge on any atom is 0.111 e. The molecule has 0 spiro atoms. The summed E-state index contributed by atoms with van der Waals surface area (Å²) in [7, 11) is 2.15. The van der Waals surface area contributed by atoms with Crippen molar-refractivity contribution in [3.8, 4) is 0 Å². The Labute approximate surface area is 102 Å². The van der Waals surface area contributed by atoms with E-state index in [1.807, 2.05) is 0 Å². The van der Waals surface area contributed by atoms with E-state index in [1.54, 1.807) is 0 Å². The van der Waals surface area contributed by atoms with Crippen LogP contribution in [0.4, 0.5) is 0 Å². The molecule has 2 aliphatic heterocycles. The Balaban J connectivity index is 1.76. The van der Waals surface area contributed by atoms with E-state index in [0.717, 1.165) is 32.5 Å². The molecular formula is C13H21N3O. The van der Waals surface area contributed by atoms with Crippen LogP contribution in [0.1, 0.15) is 36.5 Å². The Bertz CT molecular complexity index is 394. The Morgan fingerprint density at radius 2 is 2.41 bits per heavy atom. The first-order chi connectivity index (χ1) is 8.34. The zero-order valence-corrected chi connectivity index (χ0v) is 10.5. The molecule has 1 unspecified atom stereocenters. The molecule has 17 heavy (non-hydrogen) atoms. The third-order valence-corrected chi connectivity index (χ3v) is 3.90. The highest BCUT2D eigenvalue weighted by Gasteiger charge is 2.21. The number of imidazole rings is 1. The number of aromatic nitrogens is 2.